The Bertz CT molecular complexity index is 517. The van der Waals surface area contributed by atoms with Gasteiger partial charge in [-0.3, -0.25) is 0 Å². The molecule has 2 aromatic rings. The van der Waals surface area contributed by atoms with E-state index in [0.29, 0.717) is 0 Å². The van der Waals surface area contributed by atoms with Crippen LogP contribution in [0.1, 0.15) is 19.4 Å². The minimum absolute atomic E-state index is 0.229. The second-order valence-electron chi connectivity index (χ2n) is 3.90. The maximum Gasteiger partial charge on any atom is 0.323 e. The number of benzene rings is 1. The Kier molecular flexibility index (Phi) is 1.75. The largest absolute Gasteiger partial charge is 0.386 e. The lowest BCUT2D eigenvalue weighted by atomic mass is 9.98. The number of hydrogen-bond acceptors (Lipinski definition) is 2. The van der Waals surface area contributed by atoms with E-state index in [2.05, 4.69) is 9.97 Å². The van der Waals surface area contributed by atoms with E-state index in [1.54, 1.807) is 32.0 Å². The third kappa shape index (κ3) is 1.44. The highest BCUT2D eigenvalue weighted by Crippen LogP contribution is 2.21. The van der Waals surface area contributed by atoms with Gasteiger partial charge in [-0.1, -0.05) is 6.07 Å². The Morgan fingerprint density at radius 2 is 1.86 bits per heavy atom. The number of imidazole rings is 1. The Morgan fingerprint density at radius 3 is 2.50 bits per heavy atom. The normalized spacial score (nSPS) is 12.2. The molecule has 14 heavy (non-hydrogen) atoms. The average molecular weight is 192 g/mol. The van der Waals surface area contributed by atoms with Gasteiger partial charge in [0.2, 0.25) is 0 Å². The monoisotopic (exact) mass is 192 g/mol. The SMILES string of the molecule is CC(C)(O)c1ccc2[nH]c(=O)[nH]c2c1. The summed E-state index contributed by atoms with van der Waals surface area (Å²) < 4.78 is 0. The molecule has 0 atom stereocenters. The van der Waals surface area contributed by atoms with Crippen LogP contribution in [0.3, 0.4) is 0 Å². The van der Waals surface area contributed by atoms with Gasteiger partial charge >= 0.3 is 5.69 Å². The average Bonchev–Trinajstić information content (AvgIpc) is 2.41. The van der Waals surface area contributed by atoms with E-state index < -0.39 is 5.60 Å². The number of aromatic amines is 2. The highest BCUT2D eigenvalue weighted by molar-refractivity contribution is 5.75. The third-order valence-corrected chi connectivity index (χ3v) is 2.22. The molecule has 0 aliphatic rings. The second kappa shape index (κ2) is 2.72. The summed E-state index contributed by atoms with van der Waals surface area (Å²) in [6.07, 6.45) is 0. The fourth-order valence-electron chi connectivity index (χ4n) is 1.41. The van der Waals surface area contributed by atoms with Crippen LogP contribution in [0.25, 0.3) is 11.0 Å². The van der Waals surface area contributed by atoms with E-state index >= 15 is 0 Å². The molecule has 0 aliphatic carbocycles. The first-order valence-corrected chi connectivity index (χ1v) is 4.42. The summed E-state index contributed by atoms with van der Waals surface area (Å²) in [6, 6.07) is 5.35. The molecule has 1 aromatic carbocycles. The van der Waals surface area contributed by atoms with Crippen molar-refractivity contribution in [3.63, 3.8) is 0 Å². The molecular formula is C10H12N2O2. The molecule has 2 rings (SSSR count). The Labute approximate surface area is 80.6 Å². The summed E-state index contributed by atoms with van der Waals surface area (Å²) in [6.45, 7) is 3.41. The van der Waals surface area contributed by atoms with Gasteiger partial charge in [-0.15, -0.1) is 0 Å². The molecule has 0 spiro atoms. The minimum atomic E-state index is -0.887. The van der Waals surface area contributed by atoms with Crippen LogP contribution < -0.4 is 5.69 Å². The number of nitrogens with one attached hydrogen (secondary N) is 2. The zero-order chi connectivity index (χ0) is 10.3. The van der Waals surface area contributed by atoms with Gasteiger partial charge in [-0.05, 0) is 31.5 Å². The van der Waals surface area contributed by atoms with Crippen LogP contribution in [-0.4, -0.2) is 15.1 Å². The predicted octanol–water partition coefficient (Wildman–Crippen LogP) is 1.08. The first kappa shape index (κ1) is 9.02. The van der Waals surface area contributed by atoms with Gasteiger partial charge in [0.25, 0.3) is 0 Å². The third-order valence-electron chi connectivity index (χ3n) is 2.22. The van der Waals surface area contributed by atoms with Crippen molar-refractivity contribution in [2.75, 3.05) is 0 Å². The molecule has 74 valence electrons. The van der Waals surface area contributed by atoms with Crippen molar-refractivity contribution in [1.82, 2.24) is 9.97 Å². The van der Waals surface area contributed by atoms with Gasteiger partial charge in [0.15, 0.2) is 0 Å². The fourth-order valence-corrected chi connectivity index (χ4v) is 1.41. The first-order valence-electron chi connectivity index (χ1n) is 4.42. The fraction of sp³-hybridized carbons (Fsp3) is 0.300. The zero-order valence-corrected chi connectivity index (χ0v) is 8.09. The molecule has 4 heteroatoms. The summed E-state index contributed by atoms with van der Waals surface area (Å²) in [4.78, 5) is 16.3. The molecule has 0 saturated carbocycles. The van der Waals surface area contributed by atoms with E-state index in [4.69, 9.17) is 0 Å². The van der Waals surface area contributed by atoms with Crippen molar-refractivity contribution < 1.29 is 5.11 Å². The summed E-state index contributed by atoms with van der Waals surface area (Å²) >= 11 is 0. The van der Waals surface area contributed by atoms with Gasteiger partial charge < -0.3 is 15.1 Å². The molecule has 0 bridgehead atoms. The molecular weight excluding hydrogens is 180 g/mol. The quantitative estimate of drug-likeness (QED) is 0.633. The van der Waals surface area contributed by atoms with Gasteiger partial charge in [0, 0.05) is 0 Å². The Balaban J connectivity index is 2.67. The maximum absolute atomic E-state index is 11.0. The predicted molar refractivity (Wildman–Crippen MR) is 54.2 cm³/mol. The summed E-state index contributed by atoms with van der Waals surface area (Å²) in [5, 5.41) is 9.75. The number of rotatable bonds is 1. The lowest BCUT2D eigenvalue weighted by molar-refractivity contribution is 0.0787. The van der Waals surface area contributed by atoms with Crippen LogP contribution in [0.4, 0.5) is 0 Å². The number of hydrogen-bond donors (Lipinski definition) is 3. The van der Waals surface area contributed by atoms with Gasteiger partial charge in [-0.2, -0.15) is 0 Å². The molecule has 0 amide bonds. The molecule has 0 aliphatic heterocycles. The Hall–Kier alpha value is -1.55. The van der Waals surface area contributed by atoms with Crippen molar-refractivity contribution >= 4 is 11.0 Å². The summed E-state index contributed by atoms with van der Waals surface area (Å²) in [7, 11) is 0. The van der Waals surface area contributed by atoms with E-state index in [1.807, 2.05) is 0 Å². The molecule has 3 N–H and O–H groups in total. The topological polar surface area (TPSA) is 68.9 Å². The van der Waals surface area contributed by atoms with Crippen molar-refractivity contribution in [3.8, 4) is 0 Å². The molecule has 0 fully saturated rings. The van der Waals surface area contributed by atoms with E-state index in [9.17, 15) is 9.90 Å². The van der Waals surface area contributed by atoms with Crippen molar-refractivity contribution in [1.29, 1.82) is 0 Å². The van der Waals surface area contributed by atoms with E-state index in [-0.39, 0.29) is 5.69 Å². The summed E-state index contributed by atoms with van der Waals surface area (Å²) in [5.41, 5.74) is 1.13. The van der Waals surface area contributed by atoms with Crippen LogP contribution in [0.2, 0.25) is 0 Å². The van der Waals surface area contributed by atoms with Crippen LogP contribution in [-0.2, 0) is 5.60 Å². The highest BCUT2D eigenvalue weighted by Gasteiger charge is 2.16. The highest BCUT2D eigenvalue weighted by atomic mass is 16.3. The standard InChI is InChI=1S/C10H12N2O2/c1-10(2,14)6-3-4-7-8(5-6)12-9(13)11-7/h3-5,14H,1-2H3,(H2,11,12,13). The number of aromatic nitrogens is 2. The molecule has 0 radical (unpaired) electrons. The van der Waals surface area contributed by atoms with Crippen molar-refractivity contribution in [2.45, 2.75) is 19.4 Å². The first-order chi connectivity index (χ1) is 6.47. The van der Waals surface area contributed by atoms with Crippen molar-refractivity contribution in [3.05, 3.63) is 34.2 Å². The maximum atomic E-state index is 11.0. The van der Waals surface area contributed by atoms with Gasteiger partial charge in [0.05, 0.1) is 16.6 Å². The number of fused-ring (bicyclic) bond motifs is 1. The van der Waals surface area contributed by atoms with Crippen molar-refractivity contribution in [2.24, 2.45) is 0 Å². The minimum Gasteiger partial charge on any atom is -0.386 e. The van der Waals surface area contributed by atoms with E-state index in [1.165, 1.54) is 0 Å². The number of H-pyrrole nitrogens is 2. The van der Waals surface area contributed by atoms with Crippen LogP contribution in [0.15, 0.2) is 23.0 Å². The van der Waals surface area contributed by atoms with Gasteiger partial charge in [0.1, 0.15) is 0 Å². The molecule has 0 unspecified atom stereocenters. The number of aliphatic hydroxyl groups is 1. The molecule has 4 nitrogen and oxygen atoms in total. The molecule has 0 saturated heterocycles. The van der Waals surface area contributed by atoms with Crippen LogP contribution in [0, 0.1) is 0 Å². The van der Waals surface area contributed by atoms with Crippen LogP contribution in [0.5, 0.6) is 0 Å². The van der Waals surface area contributed by atoms with E-state index in [0.717, 1.165) is 16.6 Å². The summed E-state index contributed by atoms with van der Waals surface area (Å²) in [5.74, 6) is 0. The van der Waals surface area contributed by atoms with Crippen LogP contribution >= 0.6 is 0 Å². The van der Waals surface area contributed by atoms with Gasteiger partial charge in [-0.25, -0.2) is 4.79 Å². The lowest BCUT2D eigenvalue weighted by Gasteiger charge is -2.17. The Morgan fingerprint density at radius 1 is 1.21 bits per heavy atom. The smallest absolute Gasteiger partial charge is 0.323 e. The lowest BCUT2D eigenvalue weighted by Crippen LogP contribution is -2.14. The molecule has 1 heterocycles. The zero-order valence-electron chi connectivity index (χ0n) is 8.09. The second-order valence-corrected chi connectivity index (χ2v) is 3.90. The molecule has 1 aromatic heterocycles.